The van der Waals surface area contributed by atoms with Crippen LogP contribution in [0.15, 0.2) is 47.4 Å². The van der Waals surface area contributed by atoms with Gasteiger partial charge in [0, 0.05) is 0 Å². The van der Waals surface area contributed by atoms with Crippen LogP contribution < -0.4 is 0 Å². The molecule has 1 aliphatic heterocycles. The van der Waals surface area contributed by atoms with Gasteiger partial charge in [-0.1, -0.05) is 23.7 Å². The number of nitrogens with zero attached hydrogens (tertiary/aromatic N) is 1. The van der Waals surface area contributed by atoms with Gasteiger partial charge in [0.15, 0.2) is 0 Å². The Kier molecular flexibility index (Phi) is 5.01. The van der Waals surface area contributed by atoms with Crippen molar-refractivity contribution in [2.45, 2.75) is 4.90 Å². The highest BCUT2D eigenvalue weighted by Crippen LogP contribution is 2.25. The summed E-state index contributed by atoms with van der Waals surface area (Å²) in [6.07, 6.45) is 0. The number of halogens is 1. The second-order valence-electron chi connectivity index (χ2n) is 5.53. The summed E-state index contributed by atoms with van der Waals surface area (Å²) in [6.45, 7) is -0.788. The lowest BCUT2D eigenvalue weighted by atomic mass is 10.1. The standard InChI is InChI=1S/C17H12ClNO7S/c18-13-6-5-10(17(22)23)9-14(13)27(24,25)26-8-7-19-15(20)11-3-1-2-4-12(11)16(19)21/h1-6,9H,7-8H2,(H,22,23). The first-order valence-electron chi connectivity index (χ1n) is 7.60. The second kappa shape index (κ2) is 7.10. The van der Waals surface area contributed by atoms with E-state index >= 15 is 0 Å². The van der Waals surface area contributed by atoms with Gasteiger partial charge in [-0.05, 0) is 30.3 Å². The van der Waals surface area contributed by atoms with Crippen molar-refractivity contribution in [2.75, 3.05) is 13.2 Å². The molecule has 0 fully saturated rings. The van der Waals surface area contributed by atoms with Crippen molar-refractivity contribution in [3.63, 3.8) is 0 Å². The van der Waals surface area contributed by atoms with Gasteiger partial charge in [-0.25, -0.2) is 4.79 Å². The molecule has 3 rings (SSSR count). The number of carboxylic acids is 1. The number of rotatable bonds is 6. The zero-order chi connectivity index (χ0) is 19.8. The summed E-state index contributed by atoms with van der Waals surface area (Å²) >= 11 is 5.83. The molecule has 0 unspecified atom stereocenters. The SMILES string of the molecule is O=C(O)c1ccc(Cl)c(S(=O)(=O)OCCN2C(=O)c3ccccc3C2=O)c1. The number of hydrogen-bond donors (Lipinski definition) is 1. The van der Waals surface area contributed by atoms with Crippen LogP contribution in [0.3, 0.4) is 0 Å². The van der Waals surface area contributed by atoms with Gasteiger partial charge in [0.1, 0.15) is 4.90 Å². The maximum absolute atomic E-state index is 12.3. The normalized spacial score (nSPS) is 13.7. The zero-order valence-corrected chi connectivity index (χ0v) is 15.2. The average Bonchev–Trinajstić information content (AvgIpc) is 2.87. The monoisotopic (exact) mass is 409 g/mol. The van der Waals surface area contributed by atoms with Crippen LogP contribution in [0.2, 0.25) is 5.02 Å². The van der Waals surface area contributed by atoms with E-state index in [2.05, 4.69) is 0 Å². The summed E-state index contributed by atoms with van der Waals surface area (Å²) in [6, 6.07) is 9.41. The molecule has 2 aromatic rings. The predicted octanol–water partition coefficient (Wildman–Crippen LogP) is 2.04. The molecule has 2 aromatic carbocycles. The molecular weight excluding hydrogens is 398 g/mol. The summed E-state index contributed by atoms with van der Waals surface area (Å²) in [7, 11) is -4.39. The number of carbonyl (C=O) groups is 3. The van der Waals surface area contributed by atoms with E-state index < -0.39 is 39.4 Å². The maximum Gasteiger partial charge on any atom is 0.335 e. The number of carboxylic acid groups (broad SMARTS) is 1. The number of aromatic carboxylic acids is 1. The van der Waals surface area contributed by atoms with Crippen LogP contribution in [-0.2, 0) is 14.3 Å². The summed E-state index contributed by atoms with van der Waals surface area (Å²) in [5.41, 5.74) is 0.201. The molecule has 0 radical (unpaired) electrons. The topological polar surface area (TPSA) is 118 Å². The van der Waals surface area contributed by atoms with Crippen LogP contribution in [0.25, 0.3) is 0 Å². The minimum Gasteiger partial charge on any atom is -0.478 e. The highest BCUT2D eigenvalue weighted by Gasteiger charge is 2.35. The molecule has 8 nitrogen and oxygen atoms in total. The Bertz CT molecular complexity index is 1030. The Balaban J connectivity index is 1.73. The van der Waals surface area contributed by atoms with Crippen molar-refractivity contribution in [2.24, 2.45) is 0 Å². The van der Waals surface area contributed by atoms with Gasteiger partial charge >= 0.3 is 5.97 Å². The third-order valence-corrected chi connectivity index (χ3v) is 5.67. The minimum atomic E-state index is -4.39. The molecule has 0 saturated carbocycles. The fourth-order valence-corrected chi connectivity index (χ4v) is 3.97. The highest BCUT2D eigenvalue weighted by atomic mass is 35.5. The number of amides is 2. The van der Waals surface area contributed by atoms with E-state index in [-0.39, 0.29) is 28.3 Å². The summed E-state index contributed by atoms with van der Waals surface area (Å²) in [5, 5.41) is 8.76. The van der Waals surface area contributed by atoms with Crippen LogP contribution in [0, 0.1) is 0 Å². The van der Waals surface area contributed by atoms with Gasteiger partial charge in [-0.15, -0.1) is 0 Å². The fourth-order valence-electron chi connectivity index (χ4n) is 2.57. The molecule has 1 aliphatic rings. The second-order valence-corrected chi connectivity index (χ2v) is 7.52. The lowest BCUT2D eigenvalue weighted by Crippen LogP contribution is -2.33. The number of imide groups is 1. The average molecular weight is 410 g/mol. The smallest absolute Gasteiger partial charge is 0.335 e. The lowest BCUT2D eigenvalue weighted by Gasteiger charge is -2.14. The summed E-state index contributed by atoms with van der Waals surface area (Å²) < 4.78 is 29.4. The predicted molar refractivity (Wildman–Crippen MR) is 93.4 cm³/mol. The molecular formula is C17H12ClNO7S. The van der Waals surface area contributed by atoms with Crippen LogP contribution in [0.4, 0.5) is 0 Å². The third-order valence-electron chi connectivity index (χ3n) is 3.88. The molecule has 10 heteroatoms. The first-order valence-corrected chi connectivity index (χ1v) is 9.38. The van der Waals surface area contributed by atoms with Crippen molar-refractivity contribution < 1.29 is 32.1 Å². The van der Waals surface area contributed by atoms with Crippen LogP contribution in [-0.4, -0.2) is 49.4 Å². The van der Waals surface area contributed by atoms with Gasteiger partial charge in [0.05, 0.1) is 34.9 Å². The molecule has 140 valence electrons. The third kappa shape index (κ3) is 3.57. The number of carbonyl (C=O) groups excluding carboxylic acids is 2. The number of fused-ring (bicyclic) bond motifs is 1. The van der Waals surface area contributed by atoms with Gasteiger partial charge in [0.2, 0.25) is 0 Å². The Morgan fingerprint density at radius 3 is 2.22 bits per heavy atom. The van der Waals surface area contributed by atoms with Crippen LogP contribution in [0.1, 0.15) is 31.1 Å². The number of hydrogen-bond acceptors (Lipinski definition) is 6. The van der Waals surface area contributed by atoms with Gasteiger partial charge in [-0.2, -0.15) is 8.42 Å². The first kappa shape index (κ1) is 19.0. The Morgan fingerprint density at radius 1 is 1.07 bits per heavy atom. The first-order chi connectivity index (χ1) is 12.7. The van der Waals surface area contributed by atoms with E-state index in [0.717, 1.165) is 23.1 Å². The zero-order valence-electron chi connectivity index (χ0n) is 13.6. The van der Waals surface area contributed by atoms with E-state index in [1.165, 1.54) is 12.1 Å². The van der Waals surface area contributed by atoms with E-state index in [9.17, 15) is 22.8 Å². The van der Waals surface area contributed by atoms with E-state index in [1.54, 1.807) is 12.1 Å². The minimum absolute atomic E-state index is 0.208. The fraction of sp³-hybridized carbons (Fsp3) is 0.118. The van der Waals surface area contributed by atoms with Crippen LogP contribution in [0.5, 0.6) is 0 Å². The van der Waals surface area contributed by atoms with E-state index in [0.29, 0.717) is 0 Å². The molecule has 0 spiro atoms. The van der Waals surface area contributed by atoms with Crippen molar-refractivity contribution >= 4 is 39.5 Å². The molecule has 1 heterocycles. The molecule has 27 heavy (non-hydrogen) atoms. The van der Waals surface area contributed by atoms with Crippen molar-refractivity contribution in [1.82, 2.24) is 4.90 Å². The molecule has 0 aliphatic carbocycles. The maximum atomic E-state index is 12.3. The largest absolute Gasteiger partial charge is 0.478 e. The number of benzene rings is 2. The van der Waals surface area contributed by atoms with Gasteiger partial charge in [0.25, 0.3) is 21.9 Å². The lowest BCUT2D eigenvalue weighted by molar-refractivity contribution is 0.0629. The summed E-state index contributed by atoms with van der Waals surface area (Å²) in [4.78, 5) is 35.8. The van der Waals surface area contributed by atoms with Crippen molar-refractivity contribution in [3.8, 4) is 0 Å². The van der Waals surface area contributed by atoms with E-state index in [1.807, 2.05) is 0 Å². The molecule has 0 saturated heterocycles. The molecule has 1 N–H and O–H groups in total. The molecule has 0 aromatic heterocycles. The van der Waals surface area contributed by atoms with Gasteiger partial charge in [-0.3, -0.25) is 18.7 Å². The molecule has 0 atom stereocenters. The van der Waals surface area contributed by atoms with Gasteiger partial charge < -0.3 is 5.11 Å². The van der Waals surface area contributed by atoms with Crippen molar-refractivity contribution in [3.05, 3.63) is 64.2 Å². The van der Waals surface area contributed by atoms with E-state index in [4.69, 9.17) is 20.9 Å². The Labute approximate surface area is 159 Å². The summed E-state index contributed by atoms with van der Waals surface area (Å²) in [5.74, 6) is -2.40. The van der Waals surface area contributed by atoms with Crippen LogP contribution >= 0.6 is 11.6 Å². The molecule has 2 amide bonds. The highest BCUT2D eigenvalue weighted by molar-refractivity contribution is 7.86. The molecule has 0 bridgehead atoms. The Hall–Kier alpha value is -2.75. The Morgan fingerprint density at radius 2 is 1.67 bits per heavy atom. The van der Waals surface area contributed by atoms with Crippen molar-refractivity contribution in [1.29, 1.82) is 0 Å². The quantitative estimate of drug-likeness (QED) is 0.572.